The second-order valence-corrected chi connectivity index (χ2v) is 2.92. The lowest BCUT2D eigenvalue weighted by Gasteiger charge is -1.98. The van der Waals surface area contributed by atoms with Crippen molar-refractivity contribution in [2.75, 3.05) is 0 Å². The maximum Gasteiger partial charge on any atom is 0.329 e. The average molecular weight is 229 g/mol. The fourth-order valence-electron chi connectivity index (χ4n) is 0.699. The summed E-state index contributed by atoms with van der Waals surface area (Å²) >= 11 is 2.98. The van der Waals surface area contributed by atoms with Crippen LogP contribution < -0.4 is 11.2 Å². The molecule has 0 unspecified atom stereocenters. The van der Waals surface area contributed by atoms with Crippen molar-refractivity contribution in [2.24, 2.45) is 0 Å². The second kappa shape index (κ2) is 3.41. The summed E-state index contributed by atoms with van der Waals surface area (Å²) in [6, 6.07) is 0. The van der Waals surface area contributed by atoms with Gasteiger partial charge in [0.1, 0.15) is 0 Å². The van der Waals surface area contributed by atoms with Gasteiger partial charge in [-0.15, -0.1) is 6.42 Å². The minimum absolute atomic E-state index is 0.147. The highest BCUT2D eigenvalue weighted by molar-refractivity contribution is 9.10. The lowest BCUT2D eigenvalue weighted by atomic mass is 10.6. The Morgan fingerprint density at radius 3 is 2.92 bits per heavy atom. The van der Waals surface area contributed by atoms with E-state index in [1.807, 2.05) is 0 Å². The number of aromatic amines is 1. The molecule has 1 aromatic rings. The fraction of sp³-hybridized carbons (Fsp3) is 0.143. The van der Waals surface area contributed by atoms with Gasteiger partial charge in [-0.25, -0.2) is 4.79 Å². The molecule has 0 aliphatic carbocycles. The van der Waals surface area contributed by atoms with Gasteiger partial charge in [-0.1, -0.05) is 5.92 Å². The van der Waals surface area contributed by atoms with E-state index < -0.39 is 11.2 Å². The lowest BCUT2D eigenvalue weighted by Crippen LogP contribution is -2.29. The van der Waals surface area contributed by atoms with Crippen LogP contribution in [0.2, 0.25) is 0 Å². The molecular weight excluding hydrogens is 224 g/mol. The summed E-state index contributed by atoms with van der Waals surface area (Å²) in [5, 5.41) is 0. The van der Waals surface area contributed by atoms with Gasteiger partial charge in [-0.2, -0.15) is 0 Å². The third-order valence-electron chi connectivity index (χ3n) is 1.23. The molecule has 0 spiro atoms. The van der Waals surface area contributed by atoms with Gasteiger partial charge in [0.2, 0.25) is 0 Å². The maximum absolute atomic E-state index is 11.0. The summed E-state index contributed by atoms with van der Waals surface area (Å²) in [5.74, 6) is 2.29. The summed E-state index contributed by atoms with van der Waals surface area (Å²) in [4.78, 5) is 23.9. The van der Waals surface area contributed by atoms with E-state index in [0.29, 0.717) is 0 Å². The molecule has 4 nitrogen and oxygen atoms in total. The van der Waals surface area contributed by atoms with E-state index in [1.165, 1.54) is 10.8 Å². The highest BCUT2D eigenvalue weighted by Crippen LogP contribution is 1.96. The van der Waals surface area contributed by atoms with Crippen molar-refractivity contribution in [1.29, 1.82) is 0 Å². The van der Waals surface area contributed by atoms with E-state index in [1.54, 1.807) is 0 Å². The summed E-state index contributed by atoms with van der Waals surface area (Å²) in [5.41, 5.74) is -0.950. The average Bonchev–Trinajstić information content (AvgIpc) is 2.01. The molecule has 0 amide bonds. The molecular formula is C7H5BrN2O2. The van der Waals surface area contributed by atoms with E-state index in [2.05, 4.69) is 26.8 Å². The molecule has 0 fully saturated rings. The molecule has 0 aliphatic heterocycles. The van der Waals surface area contributed by atoms with Crippen molar-refractivity contribution < 1.29 is 0 Å². The lowest BCUT2D eigenvalue weighted by molar-refractivity contribution is 0.744. The molecule has 0 aromatic carbocycles. The molecule has 1 heterocycles. The highest BCUT2D eigenvalue weighted by atomic mass is 79.9. The first kappa shape index (κ1) is 8.81. The van der Waals surface area contributed by atoms with Crippen molar-refractivity contribution in [2.45, 2.75) is 6.54 Å². The number of H-pyrrole nitrogens is 1. The standard InChI is InChI=1S/C7H5BrN2O2/c1-2-3-10-4-5(8)6(11)9-7(10)12/h1,4H,3H2,(H,9,11,12). The molecule has 12 heavy (non-hydrogen) atoms. The van der Waals surface area contributed by atoms with Gasteiger partial charge in [-0.05, 0) is 15.9 Å². The van der Waals surface area contributed by atoms with Crippen LogP contribution in [0.25, 0.3) is 0 Å². The van der Waals surface area contributed by atoms with Crippen LogP contribution in [0.4, 0.5) is 0 Å². The Morgan fingerprint density at radius 2 is 2.33 bits per heavy atom. The first-order valence-electron chi connectivity index (χ1n) is 3.08. The van der Waals surface area contributed by atoms with Crippen molar-refractivity contribution in [3.63, 3.8) is 0 Å². The Balaban J connectivity index is 3.35. The van der Waals surface area contributed by atoms with E-state index in [0.717, 1.165) is 0 Å². The number of nitrogens with zero attached hydrogens (tertiary/aromatic N) is 1. The van der Waals surface area contributed by atoms with Crippen molar-refractivity contribution in [3.8, 4) is 12.3 Å². The van der Waals surface area contributed by atoms with Crippen LogP contribution in [0, 0.1) is 12.3 Å². The minimum atomic E-state index is -0.499. The predicted octanol–water partition coefficient (Wildman–Crippen LogP) is -0.0677. The Labute approximate surface area is 76.4 Å². The first-order chi connectivity index (χ1) is 5.65. The number of halogens is 1. The summed E-state index contributed by atoms with van der Waals surface area (Å²) in [6.07, 6.45) is 6.36. The normalized spacial score (nSPS) is 9.33. The van der Waals surface area contributed by atoms with Gasteiger partial charge in [-0.3, -0.25) is 14.3 Å². The SMILES string of the molecule is C#CCn1cc(Br)c(=O)[nH]c1=O. The van der Waals surface area contributed by atoms with E-state index >= 15 is 0 Å². The topological polar surface area (TPSA) is 54.9 Å². The number of aromatic nitrogens is 2. The predicted molar refractivity (Wildman–Crippen MR) is 47.9 cm³/mol. The number of rotatable bonds is 1. The van der Waals surface area contributed by atoms with Gasteiger partial charge in [0.05, 0.1) is 11.0 Å². The van der Waals surface area contributed by atoms with Gasteiger partial charge in [0.25, 0.3) is 5.56 Å². The molecule has 0 bridgehead atoms. The number of hydrogen-bond donors (Lipinski definition) is 1. The number of hydrogen-bond acceptors (Lipinski definition) is 2. The second-order valence-electron chi connectivity index (χ2n) is 2.07. The van der Waals surface area contributed by atoms with Crippen LogP contribution in [-0.2, 0) is 6.54 Å². The van der Waals surface area contributed by atoms with Crippen LogP contribution in [0.1, 0.15) is 0 Å². The third kappa shape index (κ3) is 1.66. The van der Waals surface area contributed by atoms with E-state index in [9.17, 15) is 9.59 Å². The van der Waals surface area contributed by atoms with Crippen molar-refractivity contribution in [1.82, 2.24) is 9.55 Å². The summed E-state index contributed by atoms with van der Waals surface area (Å²) in [6.45, 7) is 0.147. The number of terminal acetylenes is 1. The largest absolute Gasteiger partial charge is 0.329 e. The van der Waals surface area contributed by atoms with Crippen LogP contribution in [-0.4, -0.2) is 9.55 Å². The smallest absolute Gasteiger partial charge is 0.288 e. The molecule has 0 saturated carbocycles. The zero-order valence-electron chi connectivity index (χ0n) is 6.00. The highest BCUT2D eigenvalue weighted by Gasteiger charge is 1.98. The Bertz CT molecular complexity index is 438. The molecule has 0 atom stereocenters. The zero-order valence-corrected chi connectivity index (χ0v) is 7.59. The molecule has 0 aliphatic rings. The molecule has 1 N–H and O–H groups in total. The van der Waals surface area contributed by atoms with Gasteiger partial charge in [0.15, 0.2) is 0 Å². The van der Waals surface area contributed by atoms with E-state index in [-0.39, 0.29) is 11.0 Å². The molecule has 0 saturated heterocycles. The van der Waals surface area contributed by atoms with Crippen molar-refractivity contribution in [3.05, 3.63) is 31.5 Å². The monoisotopic (exact) mass is 228 g/mol. The molecule has 62 valence electrons. The van der Waals surface area contributed by atoms with Gasteiger partial charge >= 0.3 is 5.69 Å². The van der Waals surface area contributed by atoms with Gasteiger partial charge in [0, 0.05) is 6.20 Å². The maximum atomic E-state index is 11.0. The minimum Gasteiger partial charge on any atom is -0.288 e. The fourth-order valence-corrected chi connectivity index (χ4v) is 1.04. The van der Waals surface area contributed by atoms with Crippen LogP contribution in [0.5, 0.6) is 0 Å². The Kier molecular flexibility index (Phi) is 2.51. The molecule has 1 aromatic heterocycles. The molecule has 5 heteroatoms. The van der Waals surface area contributed by atoms with Gasteiger partial charge < -0.3 is 0 Å². The van der Waals surface area contributed by atoms with Crippen LogP contribution in [0.15, 0.2) is 20.3 Å². The quantitative estimate of drug-likeness (QED) is 0.685. The number of nitrogens with one attached hydrogen (secondary N) is 1. The van der Waals surface area contributed by atoms with Crippen molar-refractivity contribution >= 4 is 15.9 Å². The summed E-state index contributed by atoms with van der Waals surface area (Å²) < 4.78 is 1.52. The van der Waals surface area contributed by atoms with E-state index in [4.69, 9.17) is 6.42 Å². The molecule has 0 radical (unpaired) electrons. The Morgan fingerprint density at radius 1 is 1.67 bits per heavy atom. The van der Waals surface area contributed by atoms with Crippen LogP contribution >= 0.6 is 15.9 Å². The first-order valence-corrected chi connectivity index (χ1v) is 3.87. The Hall–Kier alpha value is -1.28. The van der Waals surface area contributed by atoms with Crippen LogP contribution in [0.3, 0.4) is 0 Å². The zero-order chi connectivity index (χ0) is 9.14. The third-order valence-corrected chi connectivity index (χ3v) is 1.79. The molecule has 1 rings (SSSR count). The summed E-state index contributed by atoms with van der Waals surface area (Å²) in [7, 11) is 0.